The second-order valence-corrected chi connectivity index (χ2v) is 5.28. The van der Waals surface area contributed by atoms with Gasteiger partial charge in [0.15, 0.2) is 0 Å². The maximum absolute atomic E-state index is 6.14. The van der Waals surface area contributed by atoms with Gasteiger partial charge in [0, 0.05) is 18.8 Å². The Balaban J connectivity index is 2.74. The molecule has 5 heteroatoms. The molecule has 0 fully saturated rings. The van der Waals surface area contributed by atoms with Gasteiger partial charge in [-0.15, -0.1) is 0 Å². The van der Waals surface area contributed by atoms with Crippen molar-refractivity contribution in [1.82, 2.24) is 9.78 Å². The van der Waals surface area contributed by atoms with Gasteiger partial charge < -0.3 is 15.2 Å². The van der Waals surface area contributed by atoms with Crippen molar-refractivity contribution in [3.8, 4) is 0 Å². The molecule has 0 aliphatic heterocycles. The third kappa shape index (κ3) is 5.41. The van der Waals surface area contributed by atoms with Crippen molar-refractivity contribution < 1.29 is 9.47 Å². The Bertz CT molecular complexity index is 404. The van der Waals surface area contributed by atoms with Gasteiger partial charge in [-0.05, 0) is 31.2 Å². The number of nitrogens with two attached hydrogens (primary N) is 1. The molecule has 122 valence electrons. The van der Waals surface area contributed by atoms with Crippen LogP contribution >= 0.6 is 0 Å². The molecule has 0 saturated heterocycles. The molecule has 1 rings (SSSR count). The highest BCUT2D eigenvalue weighted by molar-refractivity contribution is 5.28. The highest BCUT2D eigenvalue weighted by atomic mass is 16.5. The molecular formula is C16H31N3O2. The standard InChI is InChI=1S/C16H31N3O2/c1-5-13(17)12-14-15(6-2)18-19(16(14)7-3)8-9-21-11-10-20-4/h13H,5-12,17H2,1-4H3. The minimum absolute atomic E-state index is 0.219. The van der Waals surface area contributed by atoms with Gasteiger partial charge in [0.25, 0.3) is 0 Å². The monoisotopic (exact) mass is 297 g/mol. The summed E-state index contributed by atoms with van der Waals surface area (Å²) in [5.74, 6) is 0. The zero-order chi connectivity index (χ0) is 15.7. The lowest BCUT2D eigenvalue weighted by atomic mass is 10.00. The van der Waals surface area contributed by atoms with Crippen molar-refractivity contribution in [2.75, 3.05) is 26.9 Å². The number of aryl methyl sites for hydroxylation is 1. The van der Waals surface area contributed by atoms with Crippen LogP contribution in [0.3, 0.4) is 0 Å². The Kier molecular flexibility index (Phi) is 8.57. The minimum Gasteiger partial charge on any atom is -0.382 e. The third-order valence-electron chi connectivity index (χ3n) is 3.79. The lowest BCUT2D eigenvalue weighted by molar-refractivity contribution is 0.0651. The van der Waals surface area contributed by atoms with E-state index < -0.39 is 0 Å². The quantitative estimate of drug-likeness (QED) is 0.634. The van der Waals surface area contributed by atoms with Crippen LogP contribution in [0.4, 0.5) is 0 Å². The van der Waals surface area contributed by atoms with Crippen molar-refractivity contribution in [3.63, 3.8) is 0 Å². The van der Waals surface area contributed by atoms with E-state index in [4.69, 9.17) is 20.3 Å². The molecule has 1 unspecified atom stereocenters. The lowest BCUT2D eigenvalue weighted by Gasteiger charge is -2.11. The number of nitrogens with zero attached hydrogens (tertiary/aromatic N) is 2. The van der Waals surface area contributed by atoms with Crippen LogP contribution < -0.4 is 5.73 Å². The highest BCUT2D eigenvalue weighted by Crippen LogP contribution is 2.18. The van der Waals surface area contributed by atoms with Crippen molar-refractivity contribution in [2.45, 2.75) is 59.0 Å². The van der Waals surface area contributed by atoms with Gasteiger partial charge in [-0.25, -0.2) is 0 Å². The second-order valence-electron chi connectivity index (χ2n) is 5.28. The average molecular weight is 297 g/mol. The Morgan fingerprint density at radius 2 is 1.90 bits per heavy atom. The molecule has 0 amide bonds. The summed E-state index contributed by atoms with van der Waals surface area (Å²) in [6.45, 7) is 9.20. The number of rotatable bonds is 11. The summed E-state index contributed by atoms with van der Waals surface area (Å²) in [6, 6.07) is 0.219. The van der Waals surface area contributed by atoms with Gasteiger partial charge in [-0.3, -0.25) is 4.68 Å². The maximum Gasteiger partial charge on any atom is 0.0701 e. The van der Waals surface area contributed by atoms with Gasteiger partial charge in [-0.2, -0.15) is 5.10 Å². The van der Waals surface area contributed by atoms with E-state index in [1.807, 2.05) is 0 Å². The fourth-order valence-electron chi connectivity index (χ4n) is 2.49. The molecule has 5 nitrogen and oxygen atoms in total. The molecule has 1 atom stereocenters. The topological polar surface area (TPSA) is 62.3 Å². The molecule has 0 aliphatic carbocycles. The molecule has 0 radical (unpaired) electrons. The SMILES string of the molecule is CCc1nn(CCOCCOC)c(CC)c1CC(N)CC. The van der Waals surface area contributed by atoms with Gasteiger partial charge in [0.2, 0.25) is 0 Å². The normalized spacial score (nSPS) is 12.8. The Labute approximate surface area is 128 Å². The fourth-order valence-corrected chi connectivity index (χ4v) is 2.49. The van der Waals surface area contributed by atoms with Crippen LogP contribution in [0.2, 0.25) is 0 Å². The molecule has 0 aliphatic rings. The summed E-state index contributed by atoms with van der Waals surface area (Å²) < 4.78 is 12.6. The molecule has 1 heterocycles. The van der Waals surface area contributed by atoms with Gasteiger partial charge >= 0.3 is 0 Å². The predicted molar refractivity (Wildman–Crippen MR) is 85.6 cm³/mol. The number of hydrogen-bond donors (Lipinski definition) is 1. The number of aromatic nitrogens is 2. The summed E-state index contributed by atoms with van der Waals surface area (Å²) in [7, 11) is 1.68. The van der Waals surface area contributed by atoms with E-state index in [2.05, 4.69) is 25.5 Å². The van der Waals surface area contributed by atoms with Crippen molar-refractivity contribution in [3.05, 3.63) is 17.0 Å². The maximum atomic E-state index is 6.14. The summed E-state index contributed by atoms with van der Waals surface area (Å²) in [5.41, 5.74) is 9.99. The van der Waals surface area contributed by atoms with Crippen LogP contribution in [0.5, 0.6) is 0 Å². The van der Waals surface area contributed by atoms with E-state index in [9.17, 15) is 0 Å². The molecule has 0 spiro atoms. The van der Waals surface area contributed by atoms with Crippen LogP contribution in [0.25, 0.3) is 0 Å². The smallest absolute Gasteiger partial charge is 0.0701 e. The second kappa shape index (κ2) is 9.92. The van der Waals surface area contributed by atoms with Crippen molar-refractivity contribution in [1.29, 1.82) is 0 Å². The molecule has 0 bridgehead atoms. The first-order chi connectivity index (χ1) is 10.2. The van der Waals surface area contributed by atoms with E-state index in [1.54, 1.807) is 7.11 Å². The van der Waals surface area contributed by atoms with E-state index in [0.717, 1.165) is 32.2 Å². The summed E-state index contributed by atoms with van der Waals surface area (Å²) >= 11 is 0. The number of hydrogen-bond acceptors (Lipinski definition) is 4. The van der Waals surface area contributed by atoms with Gasteiger partial charge in [0.05, 0.1) is 32.1 Å². The summed E-state index contributed by atoms with van der Waals surface area (Å²) in [6.07, 6.45) is 3.86. The molecule has 0 saturated carbocycles. The van der Waals surface area contributed by atoms with E-state index >= 15 is 0 Å². The number of methoxy groups -OCH3 is 1. The van der Waals surface area contributed by atoms with Crippen LogP contribution in [0.15, 0.2) is 0 Å². The Morgan fingerprint density at radius 1 is 1.14 bits per heavy atom. The fraction of sp³-hybridized carbons (Fsp3) is 0.812. The minimum atomic E-state index is 0.219. The van der Waals surface area contributed by atoms with Crippen LogP contribution in [0.1, 0.15) is 44.1 Å². The first kappa shape index (κ1) is 18.1. The molecule has 1 aromatic rings. The third-order valence-corrected chi connectivity index (χ3v) is 3.79. The molecule has 1 aromatic heterocycles. The lowest BCUT2D eigenvalue weighted by Crippen LogP contribution is -2.22. The van der Waals surface area contributed by atoms with Crippen LogP contribution in [-0.4, -0.2) is 42.8 Å². The first-order valence-electron chi connectivity index (χ1n) is 8.07. The molecule has 2 N–H and O–H groups in total. The highest BCUT2D eigenvalue weighted by Gasteiger charge is 2.17. The van der Waals surface area contributed by atoms with Crippen LogP contribution in [0, 0.1) is 0 Å². The molecular weight excluding hydrogens is 266 g/mol. The van der Waals surface area contributed by atoms with Gasteiger partial charge in [0.1, 0.15) is 0 Å². The van der Waals surface area contributed by atoms with E-state index in [-0.39, 0.29) is 6.04 Å². The van der Waals surface area contributed by atoms with E-state index in [0.29, 0.717) is 19.8 Å². The summed E-state index contributed by atoms with van der Waals surface area (Å²) in [4.78, 5) is 0. The first-order valence-corrected chi connectivity index (χ1v) is 8.07. The Morgan fingerprint density at radius 3 is 2.48 bits per heavy atom. The molecule has 0 aromatic carbocycles. The Hall–Kier alpha value is -0.910. The van der Waals surface area contributed by atoms with Crippen molar-refractivity contribution in [2.24, 2.45) is 5.73 Å². The number of ether oxygens (including phenoxy) is 2. The van der Waals surface area contributed by atoms with Gasteiger partial charge in [-0.1, -0.05) is 20.8 Å². The molecule has 21 heavy (non-hydrogen) atoms. The largest absolute Gasteiger partial charge is 0.382 e. The summed E-state index contributed by atoms with van der Waals surface area (Å²) in [5, 5.41) is 4.75. The zero-order valence-electron chi connectivity index (χ0n) is 14.0. The predicted octanol–water partition coefficient (Wildman–Crippen LogP) is 1.95. The van der Waals surface area contributed by atoms with Crippen LogP contribution in [-0.2, 0) is 35.3 Å². The van der Waals surface area contributed by atoms with E-state index in [1.165, 1.54) is 17.0 Å². The average Bonchev–Trinajstić information content (AvgIpc) is 2.83. The van der Waals surface area contributed by atoms with Crippen molar-refractivity contribution >= 4 is 0 Å². The zero-order valence-corrected chi connectivity index (χ0v) is 14.0.